The third-order valence-corrected chi connectivity index (χ3v) is 2.21. The van der Waals surface area contributed by atoms with Crippen LogP contribution in [0.4, 0.5) is 0 Å². The van der Waals surface area contributed by atoms with Gasteiger partial charge in [-0.3, -0.25) is 4.40 Å². The van der Waals surface area contributed by atoms with Gasteiger partial charge in [-0.15, -0.1) is 10.2 Å². The quantitative estimate of drug-likeness (QED) is 0.803. The Labute approximate surface area is 83.7 Å². The summed E-state index contributed by atoms with van der Waals surface area (Å²) >= 11 is 3.37. The van der Waals surface area contributed by atoms with Crippen LogP contribution in [0.5, 0.6) is 0 Å². The molecule has 0 aliphatic carbocycles. The lowest BCUT2D eigenvalue weighted by atomic mass is 10.5. The molecule has 0 amide bonds. The lowest BCUT2D eigenvalue weighted by Gasteiger charge is -1.97. The molecule has 0 aromatic carbocycles. The number of nitrogens with zero attached hydrogens (tertiary/aromatic N) is 3. The van der Waals surface area contributed by atoms with Gasteiger partial charge in [-0.1, -0.05) is 15.9 Å². The van der Waals surface area contributed by atoms with Gasteiger partial charge < -0.3 is 4.74 Å². The van der Waals surface area contributed by atoms with Crippen molar-refractivity contribution in [3.8, 4) is 0 Å². The molecule has 0 saturated carbocycles. The monoisotopic (exact) mass is 241 g/mol. The molecular weight excluding hydrogens is 234 g/mol. The maximum absolute atomic E-state index is 4.99. The van der Waals surface area contributed by atoms with Gasteiger partial charge in [0.25, 0.3) is 0 Å². The second-order valence-electron chi connectivity index (χ2n) is 2.62. The summed E-state index contributed by atoms with van der Waals surface area (Å²) in [6, 6.07) is 3.85. The predicted molar refractivity (Wildman–Crippen MR) is 51.4 cm³/mol. The molecule has 0 aliphatic rings. The number of methoxy groups -OCH3 is 1. The van der Waals surface area contributed by atoms with Gasteiger partial charge >= 0.3 is 0 Å². The Balaban J connectivity index is 2.55. The van der Waals surface area contributed by atoms with E-state index in [1.54, 1.807) is 7.11 Å². The fourth-order valence-electron chi connectivity index (χ4n) is 1.14. The van der Waals surface area contributed by atoms with E-state index in [-0.39, 0.29) is 0 Å². The second kappa shape index (κ2) is 3.43. The number of hydrogen-bond donors (Lipinski definition) is 0. The summed E-state index contributed by atoms with van der Waals surface area (Å²) in [5.74, 6) is 0.810. The first kappa shape index (κ1) is 8.65. The molecule has 0 radical (unpaired) electrons. The Morgan fingerprint density at radius 2 is 2.38 bits per heavy atom. The lowest BCUT2D eigenvalue weighted by molar-refractivity contribution is 0.177. The minimum atomic E-state index is 0.475. The van der Waals surface area contributed by atoms with Gasteiger partial charge in [0.15, 0.2) is 11.5 Å². The van der Waals surface area contributed by atoms with Crippen molar-refractivity contribution in [2.75, 3.05) is 7.11 Å². The van der Waals surface area contributed by atoms with Crippen molar-refractivity contribution in [1.29, 1.82) is 0 Å². The molecule has 4 nitrogen and oxygen atoms in total. The third-order valence-electron chi connectivity index (χ3n) is 1.72. The first-order valence-electron chi connectivity index (χ1n) is 3.79. The zero-order chi connectivity index (χ0) is 9.26. The maximum Gasteiger partial charge on any atom is 0.163 e. The summed E-state index contributed by atoms with van der Waals surface area (Å²) in [6.45, 7) is 0.475. The van der Waals surface area contributed by atoms with Gasteiger partial charge in [0.05, 0.1) is 0 Å². The van der Waals surface area contributed by atoms with E-state index in [2.05, 4.69) is 26.1 Å². The highest BCUT2D eigenvalue weighted by atomic mass is 79.9. The molecule has 2 aromatic heterocycles. The van der Waals surface area contributed by atoms with Crippen LogP contribution < -0.4 is 0 Å². The van der Waals surface area contributed by atoms with E-state index in [0.717, 1.165) is 15.9 Å². The summed E-state index contributed by atoms with van der Waals surface area (Å²) in [5.41, 5.74) is 0.821. The number of ether oxygens (including phenoxy) is 1. The number of hydrogen-bond acceptors (Lipinski definition) is 3. The smallest absolute Gasteiger partial charge is 0.163 e. The highest BCUT2D eigenvalue weighted by molar-refractivity contribution is 9.10. The molecule has 0 aliphatic heterocycles. The molecule has 0 saturated heterocycles. The van der Waals surface area contributed by atoms with E-state index >= 15 is 0 Å². The minimum Gasteiger partial charge on any atom is -0.377 e. The first-order chi connectivity index (χ1) is 6.31. The first-order valence-corrected chi connectivity index (χ1v) is 4.58. The Hall–Kier alpha value is -0.940. The SMILES string of the molecule is COCc1nnc2cc(Br)ccn12. The zero-order valence-corrected chi connectivity index (χ0v) is 8.65. The van der Waals surface area contributed by atoms with Crippen LogP contribution in [-0.2, 0) is 11.3 Å². The van der Waals surface area contributed by atoms with Crippen LogP contribution in [0.3, 0.4) is 0 Å². The number of fused-ring (bicyclic) bond motifs is 1. The predicted octanol–water partition coefficient (Wildman–Crippen LogP) is 1.64. The highest BCUT2D eigenvalue weighted by Gasteiger charge is 2.03. The Morgan fingerprint density at radius 1 is 1.54 bits per heavy atom. The number of pyridine rings is 1. The Morgan fingerprint density at radius 3 is 3.15 bits per heavy atom. The van der Waals surface area contributed by atoms with E-state index < -0.39 is 0 Å². The second-order valence-corrected chi connectivity index (χ2v) is 3.54. The summed E-state index contributed by atoms with van der Waals surface area (Å²) < 4.78 is 7.88. The van der Waals surface area contributed by atoms with Crippen molar-refractivity contribution in [1.82, 2.24) is 14.6 Å². The summed E-state index contributed by atoms with van der Waals surface area (Å²) in [5, 5.41) is 7.99. The average molecular weight is 242 g/mol. The molecule has 2 rings (SSSR count). The highest BCUT2D eigenvalue weighted by Crippen LogP contribution is 2.12. The van der Waals surface area contributed by atoms with Gasteiger partial charge in [-0.25, -0.2) is 0 Å². The average Bonchev–Trinajstić information content (AvgIpc) is 2.49. The van der Waals surface area contributed by atoms with E-state index in [1.165, 1.54) is 0 Å². The van der Waals surface area contributed by atoms with Gasteiger partial charge in [-0.05, 0) is 12.1 Å². The van der Waals surface area contributed by atoms with Gasteiger partial charge in [0.1, 0.15) is 6.61 Å². The van der Waals surface area contributed by atoms with Crippen LogP contribution in [0.15, 0.2) is 22.8 Å². The molecule has 5 heteroatoms. The third kappa shape index (κ3) is 1.57. The van der Waals surface area contributed by atoms with Crippen LogP contribution in [0.1, 0.15) is 5.82 Å². The lowest BCUT2D eigenvalue weighted by Crippen LogP contribution is -1.95. The van der Waals surface area contributed by atoms with E-state index in [0.29, 0.717) is 6.61 Å². The van der Waals surface area contributed by atoms with Crippen LogP contribution >= 0.6 is 15.9 Å². The van der Waals surface area contributed by atoms with Crippen molar-refractivity contribution >= 4 is 21.6 Å². The molecule has 2 heterocycles. The van der Waals surface area contributed by atoms with Crippen LogP contribution in [0.25, 0.3) is 5.65 Å². The Bertz CT molecular complexity index is 426. The summed E-state index contributed by atoms with van der Waals surface area (Å²) in [4.78, 5) is 0. The Kier molecular flexibility index (Phi) is 2.28. The van der Waals surface area contributed by atoms with Gasteiger partial charge in [-0.2, -0.15) is 0 Å². The molecule has 0 fully saturated rings. The molecule has 0 spiro atoms. The summed E-state index contributed by atoms with van der Waals surface area (Å²) in [6.07, 6.45) is 1.91. The van der Waals surface area contributed by atoms with E-state index in [1.807, 2.05) is 22.7 Å². The molecular formula is C8H8BrN3O. The molecule has 0 bridgehead atoms. The van der Waals surface area contributed by atoms with Crippen LogP contribution in [0, 0.1) is 0 Å². The topological polar surface area (TPSA) is 39.4 Å². The van der Waals surface area contributed by atoms with Crippen LogP contribution in [0.2, 0.25) is 0 Å². The van der Waals surface area contributed by atoms with Crippen molar-refractivity contribution in [3.05, 3.63) is 28.6 Å². The molecule has 2 aromatic rings. The maximum atomic E-state index is 4.99. The molecule has 0 atom stereocenters. The molecule has 13 heavy (non-hydrogen) atoms. The van der Waals surface area contributed by atoms with Crippen molar-refractivity contribution in [2.45, 2.75) is 6.61 Å². The number of halogens is 1. The normalized spacial score (nSPS) is 10.9. The molecule has 68 valence electrons. The number of rotatable bonds is 2. The number of aromatic nitrogens is 3. The fourth-order valence-corrected chi connectivity index (χ4v) is 1.47. The molecule has 0 N–H and O–H groups in total. The summed E-state index contributed by atoms with van der Waals surface area (Å²) in [7, 11) is 1.64. The van der Waals surface area contributed by atoms with E-state index in [4.69, 9.17) is 4.74 Å². The largest absolute Gasteiger partial charge is 0.377 e. The van der Waals surface area contributed by atoms with E-state index in [9.17, 15) is 0 Å². The van der Waals surface area contributed by atoms with Gasteiger partial charge in [0.2, 0.25) is 0 Å². The van der Waals surface area contributed by atoms with Crippen molar-refractivity contribution in [3.63, 3.8) is 0 Å². The van der Waals surface area contributed by atoms with Gasteiger partial charge in [0, 0.05) is 17.8 Å². The van der Waals surface area contributed by atoms with Crippen molar-refractivity contribution < 1.29 is 4.74 Å². The van der Waals surface area contributed by atoms with Crippen LogP contribution in [-0.4, -0.2) is 21.7 Å². The fraction of sp³-hybridized carbons (Fsp3) is 0.250. The zero-order valence-electron chi connectivity index (χ0n) is 7.07. The molecule has 0 unspecified atom stereocenters. The minimum absolute atomic E-state index is 0.475. The van der Waals surface area contributed by atoms with Crippen molar-refractivity contribution in [2.24, 2.45) is 0 Å². The standard InChI is InChI=1S/C8H8BrN3O/c1-13-5-8-11-10-7-4-6(9)2-3-12(7)8/h2-4H,5H2,1H3.